The summed E-state index contributed by atoms with van der Waals surface area (Å²) >= 11 is 5.71. The number of rotatable bonds is 4. The molecule has 4 nitrogen and oxygen atoms in total. The fraction of sp³-hybridized carbons (Fsp3) is 0.636. The molecule has 2 rings (SSSR count). The molecule has 1 N–H and O–H groups in total. The lowest BCUT2D eigenvalue weighted by Gasteiger charge is -2.23. The van der Waals surface area contributed by atoms with Crippen molar-refractivity contribution in [3.05, 3.63) is 17.5 Å². The van der Waals surface area contributed by atoms with Gasteiger partial charge in [0.05, 0.1) is 19.0 Å². The summed E-state index contributed by atoms with van der Waals surface area (Å²) in [5.74, 6) is 0.503. The van der Waals surface area contributed by atoms with E-state index in [1.807, 2.05) is 0 Å². The van der Waals surface area contributed by atoms with Crippen molar-refractivity contribution in [2.75, 3.05) is 13.2 Å². The fourth-order valence-corrected chi connectivity index (χ4v) is 2.01. The third-order valence-corrected chi connectivity index (χ3v) is 2.89. The third kappa shape index (κ3) is 3.61. The average Bonchev–Trinajstić information content (AvgIpc) is 2.30. The predicted molar refractivity (Wildman–Crippen MR) is 62.8 cm³/mol. The van der Waals surface area contributed by atoms with Crippen LogP contribution < -0.4 is 10.1 Å². The molecule has 2 heterocycles. The van der Waals surface area contributed by atoms with E-state index in [4.69, 9.17) is 16.3 Å². The first-order chi connectivity index (χ1) is 7.84. The molecule has 1 aliphatic heterocycles. The Morgan fingerprint density at radius 1 is 1.44 bits per heavy atom. The maximum absolute atomic E-state index is 5.71. The van der Waals surface area contributed by atoms with Gasteiger partial charge in [0.2, 0.25) is 5.88 Å². The summed E-state index contributed by atoms with van der Waals surface area (Å²) in [5.41, 5.74) is 0. The maximum atomic E-state index is 5.71. The Morgan fingerprint density at radius 2 is 2.38 bits per heavy atom. The van der Waals surface area contributed by atoms with Crippen LogP contribution in [0.5, 0.6) is 5.88 Å². The largest absolute Gasteiger partial charge is 0.476 e. The first kappa shape index (κ1) is 11.6. The monoisotopic (exact) mass is 241 g/mol. The lowest BCUT2D eigenvalue weighted by molar-refractivity contribution is 0.260. The fourth-order valence-electron chi connectivity index (χ4n) is 1.87. The quantitative estimate of drug-likeness (QED) is 0.877. The summed E-state index contributed by atoms with van der Waals surface area (Å²) in [7, 11) is 0. The van der Waals surface area contributed by atoms with Crippen molar-refractivity contribution in [3.8, 4) is 5.88 Å². The van der Waals surface area contributed by atoms with E-state index in [0.717, 1.165) is 13.0 Å². The molecule has 0 amide bonds. The SMILES string of the molecule is Clc1cncc(OCC[C@@H]2CCCCN2)n1. The second kappa shape index (κ2) is 6.01. The average molecular weight is 242 g/mol. The summed E-state index contributed by atoms with van der Waals surface area (Å²) in [5, 5.41) is 3.84. The molecule has 1 atom stereocenters. The molecule has 0 spiro atoms. The minimum Gasteiger partial charge on any atom is -0.476 e. The number of piperidine rings is 1. The highest BCUT2D eigenvalue weighted by Gasteiger charge is 2.12. The molecule has 1 saturated heterocycles. The van der Waals surface area contributed by atoms with E-state index < -0.39 is 0 Å². The van der Waals surface area contributed by atoms with Crippen LogP contribution in [0.25, 0.3) is 0 Å². The van der Waals surface area contributed by atoms with Crippen LogP contribution in [0.3, 0.4) is 0 Å². The van der Waals surface area contributed by atoms with Gasteiger partial charge >= 0.3 is 0 Å². The first-order valence-electron chi connectivity index (χ1n) is 5.68. The molecule has 0 aromatic carbocycles. The van der Waals surface area contributed by atoms with Crippen molar-refractivity contribution in [3.63, 3.8) is 0 Å². The molecule has 0 unspecified atom stereocenters. The van der Waals surface area contributed by atoms with Gasteiger partial charge in [-0.2, -0.15) is 4.98 Å². The van der Waals surface area contributed by atoms with E-state index in [0.29, 0.717) is 23.7 Å². The zero-order valence-electron chi connectivity index (χ0n) is 9.16. The van der Waals surface area contributed by atoms with Crippen molar-refractivity contribution in [2.45, 2.75) is 31.7 Å². The summed E-state index contributed by atoms with van der Waals surface area (Å²) in [6, 6.07) is 0.584. The van der Waals surface area contributed by atoms with Gasteiger partial charge in [-0.1, -0.05) is 18.0 Å². The summed E-state index contributed by atoms with van der Waals surface area (Å²) in [6.45, 7) is 1.79. The third-order valence-electron chi connectivity index (χ3n) is 2.71. The Kier molecular flexibility index (Phi) is 4.36. The summed E-state index contributed by atoms with van der Waals surface area (Å²) < 4.78 is 5.49. The number of hydrogen-bond acceptors (Lipinski definition) is 4. The molecule has 1 fully saturated rings. The number of nitrogens with zero attached hydrogens (tertiary/aromatic N) is 2. The van der Waals surface area contributed by atoms with Gasteiger partial charge in [0, 0.05) is 6.04 Å². The Morgan fingerprint density at radius 3 is 3.12 bits per heavy atom. The van der Waals surface area contributed by atoms with Crippen LogP contribution in [0.4, 0.5) is 0 Å². The number of ether oxygens (including phenoxy) is 1. The Labute approximate surface area is 100 Å². The zero-order chi connectivity index (χ0) is 11.2. The van der Waals surface area contributed by atoms with Gasteiger partial charge in [-0.15, -0.1) is 0 Å². The van der Waals surface area contributed by atoms with Crippen LogP contribution in [0.1, 0.15) is 25.7 Å². The van der Waals surface area contributed by atoms with Crippen LogP contribution in [0, 0.1) is 0 Å². The zero-order valence-corrected chi connectivity index (χ0v) is 9.91. The molecule has 5 heteroatoms. The topological polar surface area (TPSA) is 47.0 Å². The molecule has 0 saturated carbocycles. The molecule has 1 aromatic heterocycles. The molecule has 0 radical (unpaired) electrons. The minimum absolute atomic E-state index is 0.369. The van der Waals surface area contributed by atoms with Gasteiger partial charge < -0.3 is 10.1 Å². The van der Waals surface area contributed by atoms with E-state index in [2.05, 4.69) is 15.3 Å². The molecule has 0 bridgehead atoms. The van der Waals surface area contributed by atoms with Crippen molar-refractivity contribution in [1.82, 2.24) is 15.3 Å². The van der Waals surface area contributed by atoms with E-state index in [1.54, 1.807) is 6.20 Å². The van der Waals surface area contributed by atoms with Gasteiger partial charge in [0.1, 0.15) is 0 Å². The van der Waals surface area contributed by atoms with Gasteiger partial charge in [0.25, 0.3) is 0 Å². The summed E-state index contributed by atoms with van der Waals surface area (Å²) in [6.07, 6.45) is 7.93. The molecule has 0 aliphatic carbocycles. The van der Waals surface area contributed by atoms with Gasteiger partial charge in [-0.05, 0) is 25.8 Å². The number of nitrogens with one attached hydrogen (secondary N) is 1. The molecular formula is C11H16ClN3O. The van der Waals surface area contributed by atoms with E-state index >= 15 is 0 Å². The number of halogens is 1. The lowest BCUT2D eigenvalue weighted by Crippen LogP contribution is -2.35. The van der Waals surface area contributed by atoms with E-state index in [1.165, 1.54) is 25.5 Å². The van der Waals surface area contributed by atoms with Crippen LogP contribution in [-0.4, -0.2) is 29.2 Å². The number of hydrogen-bond donors (Lipinski definition) is 1. The molecule has 88 valence electrons. The van der Waals surface area contributed by atoms with Crippen LogP contribution in [0.2, 0.25) is 5.15 Å². The second-order valence-electron chi connectivity index (χ2n) is 3.96. The van der Waals surface area contributed by atoms with Gasteiger partial charge in [-0.3, -0.25) is 4.98 Å². The highest BCUT2D eigenvalue weighted by molar-refractivity contribution is 6.29. The second-order valence-corrected chi connectivity index (χ2v) is 4.35. The Hall–Kier alpha value is -0.870. The van der Waals surface area contributed by atoms with Crippen molar-refractivity contribution in [1.29, 1.82) is 0 Å². The summed E-state index contributed by atoms with van der Waals surface area (Å²) in [4.78, 5) is 7.93. The Bertz CT molecular complexity index is 329. The maximum Gasteiger partial charge on any atom is 0.233 e. The van der Waals surface area contributed by atoms with Crippen molar-refractivity contribution < 1.29 is 4.74 Å². The molecular weight excluding hydrogens is 226 g/mol. The predicted octanol–water partition coefficient (Wildman–Crippen LogP) is 2.04. The normalized spacial score (nSPS) is 20.7. The van der Waals surface area contributed by atoms with Crippen LogP contribution >= 0.6 is 11.6 Å². The smallest absolute Gasteiger partial charge is 0.233 e. The molecule has 16 heavy (non-hydrogen) atoms. The highest BCUT2D eigenvalue weighted by atomic mass is 35.5. The van der Waals surface area contributed by atoms with Crippen molar-refractivity contribution in [2.24, 2.45) is 0 Å². The van der Waals surface area contributed by atoms with Gasteiger partial charge in [0.15, 0.2) is 5.15 Å². The van der Waals surface area contributed by atoms with Crippen molar-refractivity contribution >= 4 is 11.6 Å². The van der Waals surface area contributed by atoms with Crippen LogP contribution in [-0.2, 0) is 0 Å². The van der Waals surface area contributed by atoms with E-state index in [9.17, 15) is 0 Å². The standard InChI is InChI=1S/C11H16ClN3O/c12-10-7-13-8-11(15-10)16-6-4-9-3-1-2-5-14-9/h7-9,14H,1-6H2/t9-/m0/s1. The van der Waals surface area contributed by atoms with E-state index in [-0.39, 0.29) is 0 Å². The minimum atomic E-state index is 0.369. The molecule has 1 aliphatic rings. The number of aromatic nitrogens is 2. The Balaban J connectivity index is 1.71. The van der Waals surface area contributed by atoms with Crippen LogP contribution in [0.15, 0.2) is 12.4 Å². The first-order valence-corrected chi connectivity index (χ1v) is 6.06. The van der Waals surface area contributed by atoms with Gasteiger partial charge in [-0.25, -0.2) is 0 Å². The lowest BCUT2D eigenvalue weighted by atomic mass is 10.0. The highest BCUT2D eigenvalue weighted by Crippen LogP contribution is 2.12. The molecule has 1 aromatic rings.